The Morgan fingerprint density at radius 3 is 2.62 bits per heavy atom. The molecular formula is C18H26BrNO. The molecule has 0 amide bonds. The first-order chi connectivity index (χ1) is 10.2. The Bertz CT molecular complexity index is 453. The van der Waals surface area contributed by atoms with Gasteiger partial charge in [0.05, 0.1) is 11.7 Å². The molecule has 2 aliphatic rings. The van der Waals surface area contributed by atoms with Crippen LogP contribution in [0.15, 0.2) is 28.7 Å². The SMILES string of the molecule is C[C@H](NCC1CCC2(CCCCC2)O1)c1ccc(Br)cc1. The van der Waals surface area contributed by atoms with Gasteiger partial charge in [-0.25, -0.2) is 0 Å². The van der Waals surface area contributed by atoms with E-state index < -0.39 is 0 Å². The number of ether oxygens (including phenoxy) is 1. The minimum atomic E-state index is 0.242. The molecule has 1 spiro atoms. The molecule has 0 radical (unpaired) electrons. The van der Waals surface area contributed by atoms with Crippen LogP contribution in [-0.4, -0.2) is 18.2 Å². The summed E-state index contributed by atoms with van der Waals surface area (Å²) in [7, 11) is 0. The van der Waals surface area contributed by atoms with Gasteiger partial charge < -0.3 is 10.1 Å². The molecular weight excluding hydrogens is 326 g/mol. The molecule has 1 N–H and O–H groups in total. The quantitative estimate of drug-likeness (QED) is 0.825. The average Bonchev–Trinajstić information content (AvgIpc) is 2.89. The van der Waals surface area contributed by atoms with Gasteiger partial charge in [-0.3, -0.25) is 0 Å². The molecule has 3 rings (SSSR count). The van der Waals surface area contributed by atoms with E-state index >= 15 is 0 Å². The van der Waals surface area contributed by atoms with E-state index in [1.807, 2.05) is 0 Å². The summed E-state index contributed by atoms with van der Waals surface area (Å²) in [4.78, 5) is 0. The maximum absolute atomic E-state index is 6.43. The van der Waals surface area contributed by atoms with Crippen molar-refractivity contribution in [3.63, 3.8) is 0 Å². The summed E-state index contributed by atoms with van der Waals surface area (Å²) in [6.07, 6.45) is 9.57. The molecule has 3 heteroatoms. The first-order valence-corrected chi connectivity index (χ1v) is 9.13. The fourth-order valence-corrected chi connectivity index (χ4v) is 4.04. The minimum absolute atomic E-state index is 0.242. The lowest BCUT2D eigenvalue weighted by molar-refractivity contribution is -0.0628. The van der Waals surface area contributed by atoms with Gasteiger partial charge in [-0.2, -0.15) is 0 Å². The van der Waals surface area contributed by atoms with Crippen molar-refractivity contribution in [1.82, 2.24) is 5.32 Å². The molecule has 1 aliphatic heterocycles. The summed E-state index contributed by atoms with van der Waals surface area (Å²) in [6.45, 7) is 3.20. The third-order valence-corrected chi connectivity index (χ3v) is 5.65. The third-order valence-electron chi connectivity index (χ3n) is 5.13. The normalized spacial score (nSPS) is 26.1. The lowest BCUT2D eigenvalue weighted by Crippen LogP contribution is -2.35. The van der Waals surface area contributed by atoms with E-state index in [9.17, 15) is 0 Å². The molecule has 21 heavy (non-hydrogen) atoms. The van der Waals surface area contributed by atoms with E-state index in [2.05, 4.69) is 52.4 Å². The Balaban J connectivity index is 1.48. The maximum atomic E-state index is 6.43. The summed E-state index contributed by atoms with van der Waals surface area (Å²) < 4.78 is 7.56. The Hall–Kier alpha value is -0.380. The largest absolute Gasteiger partial charge is 0.370 e. The van der Waals surface area contributed by atoms with Gasteiger partial charge >= 0.3 is 0 Å². The van der Waals surface area contributed by atoms with E-state index in [0.717, 1.165) is 11.0 Å². The number of halogens is 1. The van der Waals surface area contributed by atoms with Crippen molar-refractivity contribution in [1.29, 1.82) is 0 Å². The highest BCUT2D eigenvalue weighted by atomic mass is 79.9. The molecule has 1 aromatic carbocycles. The van der Waals surface area contributed by atoms with Gasteiger partial charge in [-0.1, -0.05) is 47.3 Å². The van der Waals surface area contributed by atoms with Gasteiger partial charge in [0.2, 0.25) is 0 Å². The molecule has 2 atom stereocenters. The summed E-state index contributed by atoms with van der Waals surface area (Å²) in [5.74, 6) is 0. The van der Waals surface area contributed by atoms with E-state index in [4.69, 9.17) is 4.74 Å². The van der Waals surface area contributed by atoms with E-state index in [0.29, 0.717) is 12.1 Å². The van der Waals surface area contributed by atoms with E-state index in [1.54, 1.807) is 0 Å². The maximum Gasteiger partial charge on any atom is 0.0708 e. The zero-order chi connectivity index (χ0) is 14.7. The standard InChI is InChI=1S/C18H26BrNO/c1-14(15-5-7-16(19)8-6-15)20-13-17-9-12-18(21-17)10-3-2-4-11-18/h5-8,14,17,20H,2-4,9-13H2,1H3/t14-,17?/m0/s1. The number of rotatable bonds is 4. The van der Waals surface area contributed by atoms with Crippen LogP contribution in [-0.2, 0) is 4.74 Å². The highest BCUT2D eigenvalue weighted by molar-refractivity contribution is 9.10. The van der Waals surface area contributed by atoms with Crippen LogP contribution in [0, 0.1) is 0 Å². The summed E-state index contributed by atoms with van der Waals surface area (Å²) in [5.41, 5.74) is 1.58. The van der Waals surface area contributed by atoms with Crippen molar-refractivity contribution in [3.8, 4) is 0 Å². The second-order valence-electron chi connectivity index (χ2n) is 6.70. The van der Waals surface area contributed by atoms with Crippen molar-refractivity contribution in [2.24, 2.45) is 0 Å². The van der Waals surface area contributed by atoms with Crippen LogP contribution >= 0.6 is 15.9 Å². The van der Waals surface area contributed by atoms with Crippen LogP contribution in [0.3, 0.4) is 0 Å². The zero-order valence-electron chi connectivity index (χ0n) is 12.9. The third kappa shape index (κ3) is 3.88. The lowest BCUT2D eigenvalue weighted by Gasteiger charge is -2.33. The Labute approximate surface area is 136 Å². The van der Waals surface area contributed by atoms with Gasteiger partial charge in [0.15, 0.2) is 0 Å². The smallest absolute Gasteiger partial charge is 0.0708 e. The average molecular weight is 352 g/mol. The fraction of sp³-hybridized carbons (Fsp3) is 0.667. The second kappa shape index (κ2) is 6.80. The highest BCUT2D eigenvalue weighted by Crippen LogP contribution is 2.41. The van der Waals surface area contributed by atoms with Crippen LogP contribution < -0.4 is 5.32 Å². The molecule has 0 bridgehead atoms. The first kappa shape index (κ1) is 15.5. The predicted molar refractivity (Wildman–Crippen MR) is 90.5 cm³/mol. The topological polar surface area (TPSA) is 21.3 Å². The summed E-state index contributed by atoms with van der Waals surface area (Å²) in [5, 5.41) is 3.64. The molecule has 2 fully saturated rings. The van der Waals surface area contributed by atoms with Crippen molar-refractivity contribution in [2.75, 3.05) is 6.54 Å². The molecule has 1 saturated carbocycles. The van der Waals surface area contributed by atoms with Crippen LogP contribution in [0.4, 0.5) is 0 Å². The van der Waals surface area contributed by atoms with Gasteiger partial charge in [0.25, 0.3) is 0 Å². The monoisotopic (exact) mass is 351 g/mol. The van der Waals surface area contributed by atoms with Gasteiger partial charge in [0, 0.05) is 17.1 Å². The van der Waals surface area contributed by atoms with Gasteiger partial charge in [-0.15, -0.1) is 0 Å². The molecule has 0 aromatic heterocycles. The van der Waals surface area contributed by atoms with Crippen LogP contribution in [0.5, 0.6) is 0 Å². The second-order valence-corrected chi connectivity index (χ2v) is 7.62. The van der Waals surface area contributed by atoms with Gasteiger partial charge in [-0.05, 0) is 50.3 Å². The first-order valence-electron chi connectivity index (χ1n) is 8.34. The molecule has 1 heterocycles. The number of benzene rings is 1. The summed E-state index contributed by atoms with van der Waals surface area (Å²) in [6, 6.07) is 8.96. The van der Waals surface area contributed by atoms with Gasteiger partial charge in [0.1, 0.15) is 0 Å². The molecule has 1 aromatic rings. The van der Waals surface area contributed by atoms with Crippen LogP contribution in [0.2, 0.25) is 0 Å². The number of nitrogens with one attached hydrogen (secondary N) is 1. The van der Waals surface area contributed by atoms with Crippen molar-refractivity contribution in [2.45, 2.75) is 69.6 Å². The number of hydrogen-bond acceptors (Lipinski definition) is 2. The van der Waals surface area contributed by atoms with Crippen LogP contribution in [0.1, 0.15) is 63.5 Å². The zero-order valence-corrected chi connectivity index (χ0v) is 14.5. The fourth-order valence-electron chi connectivity index (χ4n) is 3.78. The van der Waals surface area contributed by atoms with Crippen molar-refractivity contribution in [3.05, 3.63) is 34.3 Å². The van der Waals surface area contributed by atoms with Crippen molar-refractivity contribution >= 4 is 15.9 Å². The molecule has 1 saturated heterocycles. The lowest BCUT2D eigenvalue weighted by atomic mass is 9.83. The Morgan fingerprint density at radius 1 is 1.19 bits per heavy atom. The van der Waals surface area contributed by atoms with E-state index in [-0.39, 0.29) is 5.60 Å². The molecule has 2 nitrogen and oxygen atoms in total. The highest BCUT2D eigenvalue weighted by Gasteiger charge is 2.40. The summed E-state index contributed by atoms with van der Waals surface area (Å²) >= 11 is 3.49. The molecule has 1 unspecified atom stereocenters. The van der Waals surface area contributed by atoms with Crippen LogP contribution in [0.25, 0.3) is 0 Å². The Kier molecular flexibility index (Phi) is 5.03. The minimum Gasteiger partial charge on any atom is -0.370 e. The van der Waals surface area contributed by atoms with Crippen molar-refractivity contribution < 1.29 is 4.74 Å². The predicted octanol–water partition coefficient (Wildman–Crippen LogP) is 4.98. The Morgan fingerprint density at radius 2 is 1.90 bits per heavy atom. The number of hydrogen-bond donors (Lipinski definition) is 1. The molecule has 1 aliphatic carbocycles. The molecule has 116 valence electrons. The van der Waals surface area contributed by atoms with E-state index in [1.165, 1.54) is 50.5 Å².